The fourth-order valence-electron chi connectivity index (χ4n) is 3.64. The van der Waals surface area contributed by atoms with Crippen LogP contribution in [0.3, 0.4) is 0 Å². The van der Waals surface area contributed by atoms with Crippen molar-refractivity contribution >= 4 is 51.1 Å². The van der Waals surface area contributed by atoms with Crippen LogP contribution in [-0.2, 0) is 17.7 Å². The van der Waals surface area contributed by atoms with Crippen LogP contribution in [0, 0.1) is 5.41 Å². The molecule has 0 saturated heterocycles. The Hall–Kier alpha value is -3.40. The number of aromatic nitrogens is 2. The molecule has 0 fully saturated rings. The van der Waals surface area contributed by atoms with Crippen LogP contribution in [-0.4, -0.2) is 46.4 Å². The number of carbonyl (C=O) groups is 1. The van der Waals surface area contributed by atoms with Gasteiger partial charge in [-0.2, -0.15) is 0 Å². The molecule has 4 N–H and O–H groups in total. The maximum atomic E-state index is 12.5. The van der Waals surface area contributed by atoms with Crippen LogP contribution in [0.15, 0.2) is 18.5 Å². The molecular formula is C22H26N6O3S. The molecule has 0 unspecified atom stereocenters. The second-order valence-electron chi connectivity index (χ2n) is 8.51. The average Bonchev–Trinajstić information content (AvgIpc) is 3.12. The average molecular weight is 455 g/mol. The molecule has 0 spiro atoms. The van der Waals surface area contributed by atoms with Gasteiger partial charge in [0.15, 0.2) is 0 Å². The second kappa shape index (κ2) is 8.27. The molecule has 1 aromatic carbocycles. The van der Waals surface area contributed by atoms with Gasteiger partial charge < -0.3 is 30.8 Å². The minimum Gasteiger partial charge on any atom is -0.494 e. The molecule has 1 aliphatic heterocycles. The molecular weight excluding hydrogens is 428 g/mol. The lowest BCUT2D eigenvalue weighted by molar-refractivity contribution is 0.0227. The van der Waals surface area contributed by atoms with Crippen molar-refractivity contribution in [3.05, 3.63) is 34.5 Å². The molecule has 1 aliphatic rings. The van der Waals surface area contributed by atoms with Gasteiger partial charge >= 0.3 is 6.09 Å². The smallest absolute Gasteiger partial charge is 0.410 e. The molecule has 10 heteroatoms. The summed E-state index contributed by atoms with van der Waals surface area (Å²) in [6.07, 6.45) is 3.09. The van der Waals surface area contributed by atoms with Crippen molar-refractivity contribution in [3.8, 4) is 5.75 Å². The highest BCUT2D eigenvalue weighted by atomic mass is 32.1. The summed E-state index contributed by atoms with van der Waals surface area (Å²) in [5.74, 6) is 1.21. The van der Waals surface area contributed by atoms with Crippen molar-refractivity contribution in [2.24, 2.45) is 0 Å². The molecule has 168 valence electrons. The van der Waals surface area contributed by atoms with E-state index in [9.17, 15) is 4.79 Å². The zero-order chi connectivity index (χ0) is 23.0. The molecule has 32 heavy (non-hydrogen) atoms. The summed E-state index contributed by atoms with van der Waals surface area (Å²) in [5.41, 5.74) is 8.29. The second-order valence-corrected chi connectivity index (χ2v) is 9.59. The van der Waals surface area contributed by atoms with Crippen molar-refractivity contribution in [1.82, 2.24) is 14.9 Å². The van der Waals surface area contributed by atoms with E-state index in [1.807, 2.05) is 20.8 Å². The summed E-state index contributed by atoms with van der Waals surface area (Å²) < 4.78 is 11.0. The number of methoxy groups -OCH3 is 1. The quantitative estimate of drug-likeness (QED) is 0.396. The first-order valence-electron chi connectivity index (χ1n) is 10.2. The standard InChI is InChI=1S/C22H26N6O3S/c1-22(2,3)31-21(29)28-6-5-13-17(10-28)32-20-18(13)19(25-11-26-20)27-15-7-12(9-23)14(24)8-16(15)30-4/h7-9,11,23H,5-6,10,24H2,1-4H3,(H,25,26,27). The maximum absolute atomic E-state index is 12.5. The summed E-state index contributed by atoms with van der Waals surface area (Å²) >= 11 is 1.56. The topological polar surface area (TPSA) is 126 Å². The van der Waals surface area contributed by atoms with Crippen molar-refractivity contribution in [3.63, 3.8) is 0 Å². The van der Waals surface area contributed by atoms with E-state index in [4.69, 9.17) is 20.6 Å². The van der Waals surface area contributed by atoms with E-state index in [0.29, 0.717) is 48.0 Å². The van der Waals surface area contributed by atoms with E-state index in [1.54, 1.807) is 35.5 Å². The van der Waals surface area contributed by atoms with Gasteiger partial charge in [0.05, 0.1) is 24.7 Å². The Bertz CT molecular complexity index is 1200. The van der Waals surface area contributed by atoms with Crippen LogP contribution in [0.1, 0.15) is 36.8 Å². The van der Waals surface area contributed by atoms with Crippen molar-refractivity contribution in [1.29, 1.82) is 5.41 Å². The number of nitrogens with two attached hydrogens (primary N) is 1. The summed E-state index contributed by atoms with van der Waals surface area (Å²) in [6.45, 7) is 6.63. The van der Waals surface area contributed by atoms with E-state index in [-0.39, 0.29) is 6.09 Å². The predicted molar refractivity (Wildman–Crippen MR) is 126 cm³/mol. The lowest BCUT2D eigenvalue weighted by Gasteiger charge is -2.30. The van der Waals surface area contributed by atoms with Crippen LogP contribution in [0.25, 0.3) is 10.2 Å². The molecule has 0 atom stereocenters. The molecule has 9 nitrogen and oxygen atoms in total. The Kier molecular flexibility index (Phi) is 5.64. The number of nitrogen functional groups attached to an aromatic ring is 1. The number of ether oxygens (including phenoxy) is 2. The van der Waals surface area contributed by atoms with Crippen molar-refractivity contribution in [2.75, 3.05) is 24.7 Å². The summed E-state index contributed by atoms with van der Waals surface area (Å²) in [5, 5.41) is 11.9. The predicted octanol–water partition coefficient (Wildman–Crippen LogP) is 4.32. The van der Waals surface area contributed by atoms with Gasteiger partial charge in [-0.25, -0.2) is 14.8 Å². The molecule has 0 bridgehead atoms. The molecule has 0 saturated carbocycles. The number of thiophene rings is 1. The fourth-order valence-corrected chi connectivity index (χ4v) is 4.84. The van der Waals surface area contributed by atoms with Gasteiger partial charge in [0.25, 0.3) is 0 Å². The van der Waals surface area contributed by atoms with Crippen LogP contribution >= 0.6 is 11.3 Å². The number of hydrogen-bond acceptors (Lipinski definition) is 9. The van der Waals surface area contributed by atoms with Crippen molar-refractivity contribution < 1.29 is 14.3 Å². The third kappa shape index (κ3) is 4.18. The number of fused-ring (bicyclic) bond motifs is 3. The van der Waals surface area contributed by atoms with Crippen molar-refractivity contribution in [2.45, 2.75) is 39.3 Å². The molecule has 3 heterocycles. The first-order valence-corrected chi connectivity index (χ1v) is 11.0. The number of amides is 1. The van der Waals surface area contributed by atoms with Crippen LogP contribution in [0.2, 0.25) is 0 Å². The first-order chi connectivity index (χ1) is 15.2. The SMILES string of the molecule is COc1cc(N)c(C=N)cc1Nc1ncnc2sc3c(c12)CCN(C(=O)OC(C)(C)C)C3. The van der Waals surface area contributed by atoms with E-state index in [0.717, 1.165) is 20.7 Å². The molecule has 2 aromatic heterocycles. The number of nitrogens with zero attached hydrogens (tertiary/aromatic N) is 3. The lowest BCUT2D eigenvalue weighted by atomic mass is 10.0. The summed E-state index contributed by atoms with van der Waals surface area (Å²) in [4.78, 5) is 25.1. The third-order valence-corrected chi connectivity index (χ3v) is 6.23. The number of nitrogens with one attached hydrogen (secondary N) is 2. The van der Waals surface area contributed by atoms with E-state index in [2.05, 4.69) is 15.3 Å². The Morgan fingerprint density at radius 1 is 1.34 bits per heavy atom. The highest BCUT2D eigenvalue weighted by Gasteiger charge is 2.29. The number of hydrogen-bond donors (Lipinski definition) is 3. The fraction of sp³-hybridized carbons (Fsp3) is 0.364. The largest absolute Gasteiger partial charge is 0.494 e. The molecule has 1 amide bonds. The van der Waals surface area contributed by atoms with Gasteiger partial charge in [0.1, 0.15) is 28.3 Å². The van der Waals surface area contributed by atoms with E-state index < -0.39 is 5.60 Å². The van der Waals surface area contributed by atoms with Gasteiger partial charge in [-0.1, -0.05) is 0 Å². The normalized spacial score (nSPS) is 13.6. The Morgan fingerprint density at radius 2 is 2.12 bits per heavy atom. The number of carbonyl (C=O) groups excluding carboxylic acids is 1. The van der Waals surface area contributed by atoms with Gasteiger partial charge in [-0.3, -0.25) is 0 Å². The van der Waals surface area contributed by atoms with Gasteiger partial charge in [0, 0.05) is 35.0 Å². The minimum absolute atomic E-state index is 0.309. The number of rotatable bonds is 4. The van der Waals surface area contributed by atoms with Crippen LogP contribution in [0.5, 0.6) is 5.75 Å². The third-order valence-electron chi connectivity index (χ3n) is 5.10. The lowest BCUT2D eigenvalue weighted by Crippen LogP contribution is -2.39. The first kappa shape index (κ1) is 21.8. The Balaban J connectivity index is 1.69. The van der Waals surface area contributed by atoms with Crippen LogP contribution in [0.4, 0.5) is 22.0 Å². The number of benzene rings is 1. The maximum Gasteiger partial charge on any atom is 0.410 e. The number of anilines is 3. The molecule has 3 aromatic rings. The zero-order valence-electron chi connectivity index (χ0n) is 18.5. The zero-order valence-corrected chi connectivity index (χ0v) is 19.3. The van der Waals surface area contributed by atoms with Gasteiger partial charge in [0.2, 0.25) is 0 Å². The van der Waals surface area contributed by atoms with Gasteiger partial charge in [-0.05, 0) is 38.8 Å². The van der Waals surface area contributed by atoms with Gasteiger partial charge in [-0.15, -0.1) is 11.3 Å². The Morgan fingerprint density at radius 3 is 2.81 bits per heavy atom. The van der Waals surface area contributed by atoms with Crippen LogP contribution < -0.4 is 15.8 Å². The highest BCUT2D eigenvalue weighted by Crippen LogP contribution is 2.40. The molecule has 0 aliphatic carbocycles. The van der Waals surface area contributed by atoms with E-state index in [1.165, 1.54) is 12.5 Å². The molecule has 4 rings (SSSR count). The van der Waals surface area contributed by atoms with E-state index >= 15 is 0 Å². The summed E-state index contributed by atoms with van der Waals surface area (Å²) in [7, 11) is 1.57. The minimum atomic E-state index is -0.534. The highest BCUT2D eigenvalue weighted by molar-refractivity contribution is 7.19. The Labute approximate surface area is 190 Å². The monoisotopic (exact) mass is 454 g/mol. The summed E-state index contributed by atoms with van der Waals surface area (Å²) in [6, 6.07) is 3.45. The molecule has 0 radical (unpaired) electrons.